The van der Waals surface area contributed by atoms with Crippen molar-refractivity contribution in [3.05, 3.63) is 39.9 Å². The van der Waals surface area contributed by atoms with Crippen molar-refractivity contribution in [3.8, 4) is 5.82 Å². The van der Waals surface area contributed by atoms with Crippen LogP contribution in [0.5, 0.6) is 0 Å². The number of piperazine rings is 1. The number of aromatic nitrogens is 4. The minimum absolute atomic E-state index is 0.162. The summed E-state index contributed by atoms with van der Waals surface area (Å²) in [6.07, 6.45) is 1.23. The van der Waals surface area contributed by atoms with E-state index in [4.69, 9.17) is 0 Å². The van der Waals surface area contributed by atoms with Gasteiger partial charge in [0.1, 0.15) is 0 Å². The van der Waals surface area contributed by atoms with Crippen LogP contribution in [0.1, 0.15) is 11.4 Å². The number of sulfonamides is 1. The molecule has 0 saturated carbocycles. The van der Waals surface area contributed by atoms with E-state index in [0.717, 1.165) is 11.4 Å². The molecular weight excluding hydrogens is 356 g/mol. The Labute approximate surface area is 152 Å². The van der Waals surface area contributed by atoms with Crippen LogP contribution in [0.2, 0.25) is 0 Å². The van der Waals surface area contributed by atoms with Gasteiger partial charge in [0.25, 0.3) is 5.56 Å². The summed E-state index contributed by atoms with van der Waals surface area (Å²) in [5.74, 6) is 0.608. The smallest absolute Gasteiger partial charge is 0.266 e. The molecule has 0 spiro atoms. The maximum Gasteiger partial charge on any atom is 0.266 e. The molecule has 1 aliphatic heterocycles. The molecule has 2 aromatic heterocycles. The first-order valence-corrected chi connectivity index (χ1v) is 10.4. The van der Waals surface area contributed by atoms with E-state index >= 15 is 0 Å². The van der Waals surface area contributed by atoms with Crippen LogP contribution < -0.4 is 5.56 Å². The summed E-state index contributed by atoms with van der Waals surface area (Å²) in [4.78, 5) is 14.3. The standard InChI is InChI=1S/C16H24N6O3S/c1-13-12-14(2)22(17-13)15-4-5-16(23)21(18-15)11-8-19-6-9-20(10-7-19)26(3,24)25/h4-5,12H,6-11H2,1-3H3. The van der Waals surface area contributed by atoms with Crippen LogP contribution in [0, 0.1) is 13.8 Å². The van der Waals surface area contributed by atoms with E-state index in [1.807, 2.05) is 19.9 Å². The number of rotatable bonds is 5. The van der Waals surface area contributed by atoms with E-state index in [0.29, 0.717) is 45.1 Å². The minimum Gasteiger partial charge on any atom is -0.299 e. The molecule has 10 heteroatoms. The Balaban J connectivity index is 1.66. The van der Waals surface area contributed by atoms with Crippen LogP contribution in [0.3, 0.4) is 0 Å². The predicted molar refractivity (Wildman–Crippen MR) is 97.9 cm³/mol. The van der Waals surface area contributed by atoms with Gasteiger partial charge in [-0.05, 0) is 26.0 Å². The number of hydrogen-bond donors (Lipinski definition) is 0. The topological polar surface area (TPSA) is 93.3 Å². The van der Waals surface area contributed by atoms with Gasteiger partial charge in [0.15, 0.2) is 5.82 Å². The summed E-state index contributed by atoms with van der Waals surface area (Å²) in [6, 6.07) is 5.13. The maximum absolute atomic E-state index is 12.1. The second-order valence-corrected chi connectivity index (χ2v) is 8.58. The van der Waals surface area contributed by atoms with Crippen molar-refractivity contribution >= 4 is 10.0 Å². The zero-order chi connectivity index (χ0) is 18.9. The first-order chi connectivity index (χ1) is 12.2. The van der Waals surface area contributed by atoms with Crippen LogP contribution in [-0.4, -0.2) is 76.2 Å². The van der Waals surface area contributed by atoms with Crippen molar-refractivity contribution in [1.29, 1.82) is 0 Å². The van der Waals surface area contributed by atoms with E-state index in [9.17, 15) is 13.2 Å². The first-order valence-electron chi connectivity index (χ1n) is 8.53. The summed E-state index contributed by atoms with van der Waals surface area (Å²) >= 11 is 0. The second kappa shape index (κ2) is 7.29. The van der Waals surface area contributed by atoms with Crippen molar-refractivity contribution in [2.75, 3.05) is 39.0 Å². The van der Waals surface area contributed by atoms with Crippen molar-refractivity contribution < 1.29 is 8.42 Å². The van der Waals surface area contributed by atoms with Gasteiger partial charge >= 0.3 is 0 Å². The Morgan fingerprint density at radius 1 is 1.04 bits per heavy atom. The fraction of sp³-hybridized carbons (Fsp3) is 0.562. The minimum atomic E-state index is -3.13. The van der Waals surface area contributed by atoms with E-state index < -0.39 is 10.0 Å². The fourth-order valence-corrected chi connectivity index (χ4v) is 3.92. The van der Waals surface area contributed by atoms with E-state index in [1.165, 1.54) is 21.3 Å². The quantitative estimate of drug-likeness (QED) is 0.702. The van der Waals surface area contributed by atoms with Gasteiger partial charge in [0.05, 0.1) is 18.5 Å². The lowest BCUT2D eigenvalue weighted by atomic mass is 10.3. The van der Waals surface area contributed by atoms with Gasteiger partial charge in [-0.1, -0.05) is 0 Å². The highest BCUT2D eigenvalue weighted by Gasteiger charge is 2.23. The van der Waals surface area contributed by atoms with Crippen LogP contribution >= 0.6 is 0 Å². The number of nitrogens with zero attached hydrogens (tertiary/aromatic N) is 6. The SMILES string of the molecule is Cc1cc(C)n(-c2ccc(=O)n(CCN3CCN(S(C)(=O)=O)CC3)n2)n1. The van der Waals surface area contributed by atoms with Gasteiger partial charge < -0.3 is 0 Å². The molecule has 3 heterocycles. The lowest BCUT2D eigenvalue weighted by Crippen LogP contribution is -2.49. The molecule has 0 radical (unpaired) electrons. The van der Waals surface area contributed by atoms with Crippen LogP contribution in [0.4, 0.5) is 0 Å². The molecule has 0 aliphatic carbocycles. The molecule has 1 fully saturated rings. The highest BCUT2D eigenvalue weighted by molar-refractivity contribution is 7.88. The first kappa shape index (κ1) is 18.7. The summed E-state index contributed by atoms with van der Waals surface area (Å²) in [6.45, 7) is 7.21. The Morgan fingerprint density at radius 3 is 2.31 bits per heavy atom. The van der Waals surface area contributed by atoms with Gasteiger partial charge in [-0.3, -0.25) is 9.69 Å². The number of hydrogen-bond acceptors (Lipinski definition) is 6. The van der Waals surface area contributed by atoms with E-state index in [-0.39, 0.29) is 5.56 Å². The molecule has 26 heavy (non-hydrogen) atoms. The highest BCUT2D eigenvalue weighted by Crippen LogP contribution is 2.08. The molecule has 0 amide bonds. The average Bonchev–Trinajstić information content (AvgIpc) is 2.92. The van der Waals surface area contributed by atoms with Gasteiger partial charge in [0, 0.05) is 44.5 Å². The van der Waals surface area contributed by atoms with Crippen molar-refractivity contribution in [2.24, 2.45) is 0 Å². The van der Waals surface area contributed by atoms with Crippen LogP contribution in [0.25, 0.3) is 5.82 Å². The molecule has 0 bridgehead atoms. The molecule has 3 rings (SSSR count). The summed E-state index contributed by atoms with van der Waals surface area (Å²) in [5.41, 5.74) is 1.69. The maximum atomic E-state index is 12.1. The lowest BCUT2D eigenvalue weighted by Gasteiger charge is -2.33. The van der Waals surface area contributed by atoms with Gasteiger partial charge in [-0.2, -0.15) is 9.40 Å². The normalized spacial score (nSPS) is 16.9. The largest absolute Gasteiger partial charge is 0.299 e. The van der Waals surface area contributed by atoms with E-state index in [1.54, 1.807) is 10.7 Å². The van der Waals surface area contributed by atoms with Crippen LogP contribution in [-0.2, 0) is 16.6 Å². The zero-order valence-corrected chi connectivity index (χ0v) is 16.1. The van der Waals surface area contributed by atoms with Crippen LogP contribution in [0.15, 0.2) is 23.0 Å². The molecule has 0 atom stereocenters. The molecule has 142 valence electrons. The summed E-state index contributed by atoms with van der Waals surface area (Å²) in [5, 5.41) is 8.83. The Bertz CT molecular complexity index is 941. The lowest BCUT2D eigenvalue weighted by molar-refractivity contribution is 0.180. The summed E-state index contributed by atoms with van der Waals surface area (Å²) in [7, 11) is -3.13. The third kappa shape index (κ3) is 4.19. The Morgan fingerprint density at radius 2 is 1.73 bits per heavy atom. The molecule has 0 aromatic carbocycles. The van der Waals surface area contributed by atoms with Gasteiger partial charge in [-0.15, -0.1) is 5.10 Å². The highest BCUT2D eigenvalue weighted by atomic mass is 32.2. The molecule has 1 aliphatic rings. The second-order valence-electron chi connectivity index (χ2n) is 6.60. The zero-order valence-electron chi connectivity index (χ0n) is 15.3. The molecule has 1 saturated heterocycles. The monoisotopic (exact) mass is 380 g/mol. The van der Waals surface area contributed by atoms with Crippen molar-refractivity contribution in [2.45, 2.75) is 20.4 Å². The van der Waals surface area contributed by atoms with E-state index in [2.05, 4.69) is 15.1 Å². The molecular formula is C16H24N6O3S. The van der Waals surface area contributed by atoms with Crippen molar-refractivity contribution in [1.82, 2.24) is 28.8 Å². The van der Waals surface area contributed by atoms with Gasteiger partial charge in [0.2, 0.25) is 10.0 Å². The molecule has 2 aromatic rings. The van der Waals surface area contributed by atoms with Crippen molar-refractivity contribution in [3.63, 3.8) is 0 Å². The average molecular weight is 380 g/mol. The molecule has 0 unspecified atom stereocenters. The Hall–Kier alpha value is -2.04. The Kier molecular flexibility index (Phi) is 5.26. The number of aryl methyl sites for hydroxylation is 2. The fourth-order valence-electron chi connectivity index (χ4n) is 3.09. The predicted octanol–water partition coefficient (Wildman–Crippen LogP) is -0.377. The molecule has 0 N–H and O–H groups in total. The van der Waals surface area contributed by atoms with Gasteiger partial charge in [-0.25, -0.2) is 17.8 Å². The molecule has 9 nitrogen and oxygen atoms in total. The third-order valence-corrected chi connectivity index (χ3v) is 5.81. The third-order valence-electron chi connectivity index (χ3n) is 4.51. The summed E-state index contributed by atoms with van der Waals surface area (Å²) < 4.78 is 27.8.